The molecule has 0 aromatic rings. The van der Waals surface area contributed by atoms with Crippen LogP contribution in [0.25, 0.3) is 0 Å². The van der Waals surface area contributed by atoms with E-state index in [-0.39, 0.29) is 24.8 Å². The van der Waals surface area contributed by atoms with Crippen molar-refractivity contribution in [3.63, 3.8) is 0 Å². The second-order valence-corrected chi connectivity index (χ2v) is 3.38. The number of hydrogen-bond acceptors (Lipinski definition) is 2. The topological polar surface area (TPSA) is 38.0 Å². The lowest BCUT2D eigenvalue weighted by atomic mass is 9.99. The van der Waals surface area contributed by atoms with Crippen LogP contribution in [0.1, 0.15) is 25.7 Å². The molecule has 0 aromatic heterocycles. The van der Waals surface area contributed by atoms with Crippen LogP contribution in [0.4, 0.5) is 0 Å². The predicted octanol–water partition coefficient (Wildman–Crippen LogP) is 1.28. The lowest BCUT2D eigenvalue weighted by Gasteiger charge is -2.25. The number of fused-ring (bicyclic) bond motifs is 2. The average Bonchev–Trinajstić information content (AvgIpc) is 2.11. The van der Waals surface area contributed by atoms with E-state index in [1.807, 2.05) is 0 Å². The minimum Gasteiger partial charge on any atom is -0.316 e. The van der Waals surface area contributed by atoms with Gasteiger partial charge in [0, 0.05) is 6.04 Å². The fraction of sp³-hybridized carbons (Fsp3) is 1.00. The highest BCUT2D eigenvalue weighted by atomic mass is 35.5. The van der Waals surface area contributed by atoms with E-state index < -0.39 is 0 Å². The van der Waals surface area contributed by atoms with Gasteiger partial charge >= 0.3 is 0 Å². The molecule has 2 nitrogen and oxygen atoms in total. The zero-order valence-electron chi connectivity index (χ0n) is 6.45. The van der Waals surface area contributed by atoms with Crippen molar-refractivity contribution in [2.24, 2.45) is 11.7 Å². The van der Waals surface area contributed by atoms with Gasteiger partial charge < -0.3 is 5.73 Å². The number of nitrogens with one attached hydrogen (secondary N) is 1. The third-order valence-corrected chi connectivity index (χ3v) is 2.58. The predicted molar refractivity (Wildman–Crippen MR) is 51.4 cm³/mol. The molecule has 3 N–H and O–H groups in total. The first-order valence-corrected chi connectivity index (χ1v) is 3.86. The molecule has 0 radical (unpaired) electrons. The fourth-order valence-electron chi connectivity index (χ4n) is 2.17. The molecule has 2 rings (SSSR count). The summed E-state index contributed by atoms with van der Waals surface area (Å²) in [6.45, 7) is 0. The van der Waals surface area contributed by atoms with Gasteiger partial charge in [-0.3, -0.25) is 5.32 Å². The molecule has 0 spiro atoms. The molecule has 1 saturated heterocycles. The highest BCUT2D eigenvalue weighted by molar-refractivity contribution is 5.85. The molecular weight excluding hydrogens is 183 g/mol. The van der Waals surface area contributed by atoms with Gasteiger partial charge in [0.05, 0.1) is 6.17 Å². The van der Waals surface area contributed by atoms with Gasteiger partial charge in [-0.05, 0) is 31.6 Å². The molecule has 4 heteroatoms. The maximum Gasteiger partial charge on any atom is 0.0551 e. The van der Waals surface area contributed by atoms with E-state index in [1.54, 1.807) is 0 Å². The molecular formula is C7H16Cl2N2. The zero-order valence-corrected chi connectivity index (χ0v) is 8.09. The second kappa shape index (κ2) is 4.51. The molecule has 0 amide bonds. The van der Waals surface area contributed by atoms with Gasteiger partial charge in [-0.2, -0.15) is 0 Å². The minimum absolute atomic E-state index is 0. The Labute approximate surface area is 80.1 Å². The van der Waals surface area contributed by atoms with E-state index in [2.05, 4.69) is 5.32 Å². The van der Waals surface area contributed by atoms with E-state index in [4.69, 9.17) is 5.73 Å². The minimum atomic E-state index is 0. The van der Waals surface area contributed by atoms with Gasteiger partial charge in [-0.1, -0.05) is 0 Å². The first-order valence-electron chi connectivity index (χ1n) is 3.86. The summed E-state index contributed by atoms with van der Waals surface area (Å²) in [6, 6.07) is 0.763. The molecule has 11 heavy (non-hydrogen) atoms. The Morgan fingerprint density at radius 1 is 1.09 bits per heavy atom. The van der Waals surface area contributed by atoms with Gasteiger partial charge in [0.2, 0.25) is 0 Å². The maximum absolute atomic E-state index is 5.74. The van der Waals surface area contributed by atoms with E-state index in [9.17, 15) is 0 Å². The first-order chi connectivity index (χ1) is 4.34. The van der Waals surface area contributed by atoms with Gasteiger partial charge in [-0.15, -0.1) is 24.8 Å². The van der Waals surface area contributed by atoms with Gasteiger partial charge in [0.1, 0.15) is 0 Å². The van der Waals surface area contributed by atoms with Crippen molar-refractivity contribution in [2.45, 2.75) is 37.9 Å². The van der Waals surface area contributed by atoms with Crippen LogP contribution in [0.5, 0.6) is 0 Å². The number of nitrogens with two attached hydrogens (primary N) is 1. The normalized spacial score (nSPS) is 40.6. The summed E-state index contributed by atoms with van der Waals surface area (Å²) in [5.74, 6) is 0.950. The third-order valence-electron chi connectivity index (χ3n) is 2.58. The smallest absolute Gasteiger partial charge is 0.0551 e. The lowest BCUT2D eigenvalue weighted by molar-refractivity contribution is 0.314. The summed E-state index contributed by atoms with van der Waals surface area (Å²) >= 11 is 0. The van der Waals surface area contributed by atoms with Crippen molar-refractivity contribution in [1.29, 1.82) is 0 Å². The summed E-state index contributed by atoms with van der Waals surface area (Å²) in [6.07, 6.45) is 5.66. The highest BCUT2D eigenvalue weighted by Gasteiger charge is 2.31. The molecule has 2 bridgehead atoms. The first kappa shape index (κ1) is 11.5. The summed E-state index contributed by atoms with van der Waals surface area (Å²) < 4.78 is 0. The van der Waals surface area contributed by atoms with Crippen molar-refractivity contribution in [1.82, 2.24) is 5.32 Å². The summed E-state index contributed by atoms with van der Waals surface area (Å²) in [5.41, 5.74) is 5.74. The Morgan fingerprint density at radius 2 is 1.82 bits per heavy atom. The van der Waals surface area contributed by atoms with Gasteiger partial charge in [0.15, 0.2) is 0 Å². The highest BCUT2D eigenvalue weighted by Crippen LogP contribution is 2.32. The summed E-state index contributed by atoms with van der Waals surface area (Å²) in [5, 5.41) is 3.39. The standard InChI is InChI=1S/C7H14N2.2ClH/c8-7-4-5-1-2-6(3-5)9-7;;/h5-7,9H,1-4,8H2;2*1H. The Hall–Kier alpha value is 0.500. The quantitative estimate of drug-likeness (QED) is 0.616. The van der Waals surface area contributed by atoms with Crippen LogP contribution in [-0.2, 0) is 0 Å². The van der Waals surface area contributed by atoms with Crippen LogP contribution < -0.4 is 11.1 Å². The van der Waals surface area contributed by atoms with E-state index in [0.29, 0.717) is 6.17 Å². The van der Waals surface area contributed by atoms with Crippen molar-refractivity contribution in [3.8, 4) is 0 Å². The molecule has 3 unspecified atom stereocenters. The third kappa shape index (κ3) is 2.48. The SMILES string of the molecule is Cl.Cl.NC1CC2CCC(C2)N1. The number of rotatable bonds is 0. The lowest BCUT2D eigenvalue weighted by Crippen LogP contribution is -2.46. The van der Waals surface area contributed by atoms with Crippen molar-refractivity contribution in [3.05, 3.63) is 0 Å². The summed E-state index contributed by atoms with van der Waals surface area (Å²) in [7, 11) is 0. The van der Waals surface area contributed by atoms with Crippen LogP contribution in [0.15, 0.2) is 0 Å². The zero-order chi connectivity index (χ0) is 6.27. The van der Waals surface area contributed by atoms with Gasteiger partial charge in [0.25, 0.3) is 0 Å². The van der Waals surface area contributed by atoms with Crippen molar-refractivity contribution in [2.75, 3.05) is 0 Å². The Kier molecular flexibility index (Phi) is 4.71. The Morgan fingerprint density at radius 3 is 2.45 bits per heavy atom. The molecule has 68 valence electrons. The number of hydrogen-bond donors (Lipinski definition) is 2. The molecule has 1 heterocycles. The largest absolute Gasteiger partial charge is 0.316 e. The Balaban J connectivity index is 0.000000500. The van der Waals surface area contributed by atoms with Crippen LogP contribution in [0, 0.1) is 5.92 Å². The second-order valence-electron chi connectivity index (χ2n) is 3.38. The van der Waals surface area contributed by atoms with Gasteiger partial charge in [-0.25, -0.2) is 0 Å². The van der Waals surface area contributed by atoms with Crippen molar-refractivity contribution < 1.29 is 0 Å². The molecule has 2 aliphatic rings. The van der Waals surface area contributed by atoms with Crippen molar-refractivity contribution >= 4 is 24.8 Å². The molecule has 1 aliphatic carbocycles. The van der Waals surface area contributed by atoms with Crippen LogP contribution >= 0.6 is 24.8 Å². The molecule has 1 aliphatic heterocycles. The summed E-state index contributed by atoms with van der Waals surface area (Å²) in [4.78, 5) is 0. The molecule has 1 saturated carbocycles. The van der Waals surface area contributed by atoms with Crippen LogP contribution in [-0.4, -0.2) is 12.2 Å². The van der Waals surface area contributed by atoms with E-state index in [1.165, 1.54) is 25.7 Å². The van der Waals surface area contributed by atoms with E-state index in [0.717, 1.165) is 12.0 Å². The Bertz CT molecular complexity index is 109. The fourth-order valence-corrected chi connectivity index (χ4v) is 2.17. The maximum atomic E-state index is 5.74. The monoisotopic (exact) mass is 198 g/mol. The van der Waals surface area contributed by atoms with Crippen LogP contribution in [0.2, 0.25) is 0 Å². The van der Waals surface area contributed by atoms with E-state index >= 15 is 0 Å². The number of halogens is 2. The van der Waals surface area contributed by atoms with Crippen LogP contribution in [0.3, 0.4) is 0 Å². The molecule has 0 aromatic carbocycles. The molecule has 3 atom stereocenters. The number of piperidine rings is 1. The molecule has 2 fully saturated rings. The average molecular weight is 199 g/mol.